The standard InChI is InChI=1S/C58H44N4/c1-57(2)31-32-58(3,4)47-34-50-45(33-46(47)57)52-49(30-29-48-51(52)43-27-25-37-17-10-13-23-41(37)55(43)61(48)38-19-6-5-7-20-38)62(50)56-59-53-40-22-12-9-16-36(40)26-28-44(53)54(60-56)42-24-14-18-35-15-8-11-21-39(35)42/h5-30,33-34H,31-32H2,1-4H3. The fourth-order valence-electron chi connectivity index (χ4n) is 11.1. The Labute approximate surface area is 359 Å². The van der Waals surface area contributed by atoms with E-state index in [2.05, 4.69) is 207 Å². The Morgan fingerprint density at radius 1 is 0.419 bits per heavy atom. The Morgan fingerprint density at radius 3 is 1.73 bits per heavy atom. The predicted octanol–water partition coefficient (Wildman–Crippen LogP) is 15.3. The van der Waals surface area contributed by atoms with Gasteiger partial charge in [0.1, 0.15) is 0 Å². The summed E-state index contributed by atoms with van der Waals surface area (Å²) in [6.45, 7) is 9.72. The minimum atomic E-state index is 0.00641. The van der Waals surface area contributed by atoms with Crippen LogP contribution in [0, 0.1) is 0 Å². The zero-order valence-corrected chi connectivity index (χ0v) is 35.4. The monoisotopic (exact) mass is 796 g/mol. The van der Waals surface area contributed by atoms with Gasteiger partial charge >= 0.3 is 0 Å². The summed E-state index contributed by atoms with van der Waals surface area (Å²) < 4.78 is 4.88. The zero-order valence-electron chi connectivity index (χ0n) is 35.4. The van der Waals surface area contributed by atoms with Gasteiger partial charge in [-0.15, -0.1) is 0 Å². The summed E-state index contributed by atoms with van der Waals surface area (Å²) in [5, 5.41) is 13.1. The molecule has 0 N–H and O–H groups in total. The van der Waals surface area contributed by atoms with E-state index < -0.39 is 0 Å². The van der Waals surface area contributed by atoms with E-state index in [0.29, 0.717) is 5.95 Å². The van der Waals surface area contributed by atoms with Gasteiger partial charge in [-0.05, 0) is 98.8 Å². The average molecular weight is 797 g/mol. The van der Waals surface area contributed by atoms with Crippen LogP contribution in [0.3, 0.4) is 0 Å². The van der Waals surface area contributed by atoms with Gasteiger partial charge in [0.25, 0.3) is 0 Å². The van der Waals surface area contributed by atoms with E-state index in [-0.39, 0.29) is 10.8 Å². The molecule has 3 aromatic heterocycles. The lowest BCUT2D eigenvalue weighted by Crippen LogP contribution is -2.33. The number of para-hydroxylation sites is 1. The van der Waals surface area contributed by atoms with E-state index in [0.717, 1.165) is 62.5 Å². The van der Waals surface area contributed by atoms with Crippen molar-refractivity contribution in [1.82, 2.24) is 19.1 Å². The Morgan fingerprint density at radius 2 is 0.984 bits per heavy atom. The number of fused-ring (bicyclic) bond motifs is 14. The van der Waals surface area contributed by atoms with Gasteiger partial charge in [-0.3, -0.25) is 4.57 Å². The molecule has 62 heavy (non-hydrogen) atoms. The summed E-state index contributed by atoms with van der Waals surface area (Å²) in [4.78, 5) is 11.4. The van der Waals surface area contributed by atoms with Crippen LogP contribution >= 0.6 is 0 Å². The van der Waals surface area contributed by atoms with Crippen LogP contribution in [0.25, 0.3) is 110 Å². The molecule has 0 saturated heterocycles. The van der Waals surface area contributed by atoms with E-state index in [1.807, 2.05) is 0 Å². The summed E-state index contributed by atoms with van der Waals surface area (Å²) in [6.07, 6.45) is 2.27. The van der Waals surface area contributed by atoms with E-state index in [9.17, 15) is 0 Å². The Hall–Kier alpha value is -7.30. The molecule has 0 radical (unpaired) electrons. The number of hydrogen-bond acceptors (Lipinski definition) is 2. The largest absolute Gasteiger partial charge is 0.309 e. The van der Waals surface area contributed by atoms with Crippen molar-refractivity contribution in [3.05, 3.63) is 181 Å². The highest BCUT2D eigenvalue weighted by Crippen LogP contribution is 2.51. The zero-order chi connectivity index (χ0) is 41.5. The second-order valence-electron chi connectivity index (χ2n) is 18.8. The van der Waals surface area contributed by atoms with Crippen molar-refractivity contribution in [3.8, 4) is 22.9 Å². The Kier molecular flexibility index (Phi) is 7.22. The summed E-state index contributed by atoms with van der Waals surface area (Å²) >= 11 is 0. The number of benzene rings is 9. The minimum Gasteiger partial charge on any atom is -0.309 e. The Bertz CT molecular complexity index is 3860. The predicted molar refractivity (Wildman–Crippen MR) is 261 cm³/mol. The van der Waals surface area contributed by atoms with Crippen molar-refractivity contribution in [2.45, 2.75) is 51.4 Å². The van der Waals surface area contributed by atoms with Crippen molar-refractivity contribution >= 4 is 86.8 Å². The van der Waals surface area contributed by atoms with Gasteiger partial charge in [-0.2, -0.15) is 0 Å². The Balaban J connectivity index is 1.25. The molecule has 13 rings (SSSR count). The fraction of sp³-hybridized carbons (Fsp3) is 0.138. The third kappa shape index (κ3) is 4.89. The van der Waals surface area contributed by atoms with Crippen LogP contribution in [0.2, 0.25) is 0 Å². The first-order valence-corrected chi connectivity index (χ1v) is 22.0. The molecular formula is C58H44N4. The number of hydrogen-bond donors (Lipinski definition) is 0. The highest BCUT2D eigenvalue weighted by Gasteiger charge is 2.38. The summed E-state index contributed by atoms with van der Waals surface area (Å²) in [6, 6.07) is 62.4. The number of nitrogens with zero attached hydrogens (tertiary/aromatic N) is 4. The maximum absolute atomic E-state index is 5.73. The molecule has 0 fully saturated rings. The molecule has 4 heteroatoms. The van der Waals surface area contributed by atoms with Gasteiger partial charge in [0, 0.05) is 49.0 Å². The second-order valence-corrected chi connectivity index (χ2v) is 18.8. The third-order valence-electron chi connectivity index (χ3n) is 14.4. The average Bonchev–Trinajstić information content (AvgIpc) is 3.82. The molecule has 0 atom stereocenters. The normalized spacial score (nSPS) is 14.9. The topological polar surface area (TPSA) is 35.6 Å². The van der Waals surface area contributed by atoms with Crippen molar-refractivity contribution < 1.29 is 0 Å². The lowest BCUT2D eigenvalue weighted by molar-refractivity contribution is 0.332. The lowest BCUT2D eigenvalue weighted by atomic mass is 9.63. The second kappa shape index (κ2) is 12.6. The van der Waals surface area contributed by atoms with Crippen molar-refractivity contribution in [1.29, 1.82) is 0 Å². The third-order valence-corrected chi connectivity index (χ3v) is 14.4. The molecular weight excluding hydrogens is 753 g/mol. The molecule has 296 valence electrons. The smallest absolute Gasteiger partial charge is 0.235 e. The quantitative estimate of drug-likeness (QED) is 0.167. The molecule has 0 saturated carbocycles. The molecule has 0 spiro atoms. The summed E-state index contributed by atoms with van der Waals surface area (Å²) in [5.41, 5.74) is 11.7. The number of aromatic nitrogens is 4. The maximum Gasteiger partial charge on any atom is 0.235 e. The molecule has 12 aromatic rings. The SMILES string of the molecule is CC1(C)CCC(C)(C)c2cc3c(cc21)c1c2c4ccc5ccccc5c4n(-c4ccccc4)c2ccc1n3-c1nc(-c2cccc3ccccc23)c2ccc3ccccc3c2n1. The van der Waals surface area contributed by atoms with E-state index in [1.165, 1.54) is 65.3 Å². The highest BCUT2D eigenvalue weighted by molar-refractivity contribution is 6.31. The molecule has 1 aliphatic carbocycles. The van der Waals surface area contributed by atoms with Crippen LogP contribution in [0.5, 0.6) is 0 Å². The molecule has 0 aliphatic heterocycles. The lowest BCUT2D eigenvalue weighted by Gasteiger charge is -2.42. The first kappa shape index (κ1) is 35.5. The first-order valence-electron chi connectivity index (χ1n) is 22.0. The van der Waals surface area contributed by atoms with Crippen LogP contribution in [-0.2, 0) is 10.8 Å². The van der Waals surface area contributed by atoms with Gasteiger partial charge in [-0.1, -0.05) is 155 Å². The van der Waals surface area contributed by atoms with Crippen LogP contribution in [-0.4, -0.2) is 19.1 Å². The molecule has 4 nitrogen and oxygen atoms in total. The molecule has 0 bridgehead atoms. The molecule has 0 unspecified atom stereocenters. The van der Waals surface area contributed by atoms with Gasteiger partial charge in [0.05, 0.1) is 33.3 Å². The van der Waals surface area contributed by atoms with Gasteiger partial charge in [0.15, 0.2) is 0 Å². The van der Waals surface area contributed by atoms with Crippen LogP contribution in [0.15, 0.2) is 170 Å². The minimum absolute atomic E-state index is 0.00641. The van der Waals surface area contributed by atoms with E-state index >= 15 is 0 Å². The fourth-order valence-corrected chi connectivity index (χ4v) is 11.1. The van der Waals surface area contributed by atoms with Crippen LogP contribution in [0.1, 0.15) is 51.7 Å². The van der Waals surface area contributed by atoms with Crippen molar-refractivity contribution in [2.75, 3.05) is 0 Å². The molecule has 0 amide bonds. The maximum atomic E-state index is 5.73. The molecule has 3 heterocycles. The van der Waals surface area contributed by atoms with Gasteiger partial charge in [0.2, 0.25) is 5.95 Å². The van der Waals surface area contributed by atoms with Crippen LogP contribution < -0.4 is 0 Å². The van der Waals surface area contributed by atoms with E-state index in [4.69, 9.17) is 9.97 Å². The van der Waals surface area contributed by atoms with Crippen LogP contribution in [0.4, 0.5) is 0 Å². The molecule has 9 aromatic carbocycles. The number of rotatable bonds is 3. The molecule has 1 aliphatic rings. The van der Waals surface area contributed by atoms with Gasteiger partial charge in [-0.25, -0.2) is 9.97 Å². The summed E-state index contributed by atoms with van der Waals surface area (Å²) in [7, 11) is 0. The first-order chi connectivity index (χ1) is 30.2. The summed E-state index contributed by atoms with van der Waals surface area (Å²) in [5.74, 6) is 0.682. The highest BCUT2D eigenvalue weighted by atomic mass is 15.2. The van der Waals surface area contributed by atoms with Crippen molar-refractivity contribution in [2.24, 2.45) is 0 Å². The van der Waals surface area contributed by atoms with E-state index in [1.54, 1.807) is 0 Å². The van der Waals surface area contributed by atoms with Crippen molar-refractivity contribution in [3.63, 3.8) is 0 Å². The van der Waals surface area contributed by atoms with Gasteiger partial charge < -0.3 is 4.57 Å².